The maximum absolute atomic E-state index is 11.9. The molecule has 6 heteroatoms. The van der Waals surface area contributed by atoms with Crippen molar-refractivity contribution >= 4 is 23.6 Å². The fraction of sp³-hybridized carbons (Fsp3) is 0.556. The highest BCUT2D eigenvalue weighted by molar-refractivity contribution is 7.98. The molecule has 0 saturated carbocycles. The SMILES string of the molecule is Cc1ccc(CSCCNC(=O)C[NH+](C)CC(=O)NC(C)C)cc1. The molecule has 0 fully saturated rings. The number of amides is 2. The maximum Gasteiger partial charge on any atom is 0.275 e. The van der Waals surface area contributed by atoms with Crippen molar-refractivity contribution in [2.45, 2.75) is 32.6 Å². The molecule has 0 spiro atoms. The summed E-state index contributed by atoms with van der Waals surface area (Å²) in [7, 11) is 1.85. The number of carbonyl (C=O) groups is 2. The van der Waals surface area contributed by atoms with Gasteiger partial charge in [0.05, 0.1) is 7.05 Å². The molecule has 2 amide bonds. The molecule has 1 unspecified atom stereocenters. The van der Waals surface area contributed by atoms with Crippen LogP contribution in [0.15, 0.2) is 24.3 Å². The molecule has 0 aliphatic rings. The Bertz CT molecular complexity index is 518. The standard InChI is InChI=1S/C18H29N3O2S/c1-14(2)20-18(23)12-21(4)11-17(22)19-9-10-24-13-16-7-5-15(3)6-8-16/h5-8,14H,9-13H2,1-4H3,(H,19,22)(H,20,23)/p+1. The second kappa shape index (κ2) is 11.1. The fourth-order valence-corrected chi connectivity index (χ4v) is 3.00. The number of quaternary nitrogens is 1. The summed E-state index contributed by atoms with van der Waals surface area (Å²) in [5.41, 5.74) is 2.57. The van der Waals surface area contributed by atoms with Gasteiger partial charge in [0, 0.05) is 24.1 Å². The molecule has 0 bridgehead atoms. The Morgan fingerprint density at radius 2 is 1.75 bits per heavy atom. The van der Waals surface area contributed by atoms with Crippen molar-refractivity contribution in [2.75, 3.05) is 32.4 Å². The molecule has 5 nitrogen and oxygen atoms in total. The minimum atomic E-state index is -0.0241. The lowest BCUT2D eigenvalue weighted by Crippen LogP contribution is -3.11. The Morgan fingerprint density at radius 1 is 1.12 bits per heavy atom. The first-order valence-electron chi connectivity index (χ1n) is 8.37. The van der Waals surface area contributed by atoms with Crippen molar-refractivity contribution < 1.29 is 14.5 Å². The summed E-state index contributed by atoms with van der Waals surface area (Å²) in [6, 6.07) is 8.64. The van der Waals surface area contributed by atoms with Crippen molar-refractivity contribution in [3.05, 3.63) is 35.4 Å². The highest BCUT2D eigenvalue weighted by Crippen LogP contribution is 2.12. The van der Waals surface area contributed by atoms with Gasteiger partial charge in [0.25, 0.3) is 11.8 Å². The molecule has 0 aliphatic carbocycles. The van der Waals surface area contributed by atoms with Crippen LogP contribution >= 0.6 is 11.8 Å². The van der Waals surface area contributed by atoms with Crippen molar-refractivity contribution in [2.24, 2.45) is 0 Å². The van der Waals surface area contributed by atoms with E-state index in [-0.39, 0.29) is 17.9 Å². The highest BCUT2D eigenvalue weighted by Gasteiger charge is 2.14. The topological polar surface area (TPSA) is 62.6 Å². The van der Waals surface area contributed by atoms with Gasteiger partial charge in [-0.1, -0.05) is 29.8 Å². The zero-order valence-corrected chi connectivity index (χ0v) is 16.0. The molecule has 24 heavy (non-hydrogen) atoms. The van der Waals surface area contributed by atoms with Crippen molar-refractivity contribution in [3.8, 4) is 0 Å². The van der Waals surface area contributed by atoms with Crippen LogP contribution in [0.5, 0.6) is 0 Å². The van der Waals surface area contributed by atoms with Crippen LogP contribution in [-0.4, -0.2) is 50.3 Å². The van der Waals surface area contributed by atoms with Crippen LogP contribution in [0.2, 0.25) is 0 Å². The van der Waals surface area contributed by atoms with Gasteiger partial charge < -0.3 is 15.5 Å². The molecule has 3 N–H and O–H groups in total. The molecule has 0 aliphatic heterocycles. The van der Waals surface area contributed by atoms with Gasteiger partial charge in [0.15, 0.2) is 13.1 Å². The van der Waals surface area contributed by atoms with Crippen LogP contribution in [0.3, 0.4) is 0 Å². The van der Waals surface area contributed by atoms with Crippen molar-refractivity contribution in [1.82, 2.24) is 10.6 Å². The van der Waals surface area contributed by atoms with E-state index in [1.54, 1.807) is 11.8 Å². The summed E-state index contributed by atoms with van der Waals surface area (Å²) in [5, 5.41) is 5.74. The van der Waals surface area contributed by atoms with Gasteiger partial charge in [-0.2, -0.15) is 11.8 Å². The van der Waals surface area contributed by atoms with E-state index in [1.807, 2.05) is 20.9 Å². The number of carbonyl (C=O) groups excluding carboxylic acids is 2. The van der Waals surface area contributed by atoms with E-state index >= 15 is 0 Å². The number of benzene rings is 1. The smallest absolute Gasteiger partial charge is 0.275 e. The molecule has 134 valence electrons. The monoisotopic (exact) mass is 352 g/mol. The molecule has 0 aromatic heterocycles. The summed E-state index contributed by atoms with van der Waals surface area (Å²) in [4.78, 5) is 24.4. The summed E-state index contributed by atoms with van der Waals surface area (Å²) in [6.45, 7) is 7.21. The zero-order valence-electron chi connectivity index (χ0n) is 15.1. The number of aryl methyl sites for hydroxylation is 1. The lowest BCUT2D eigenvalue weighted by Gasteiger charge is -2.14. The molecule has 1 rings (SSSR count). The van der Waals surface area contributed by atoms with Crippen LogP contribution in [0.1, 0.15) is 25.0 Å². The normalized spacial score (nSPS) is 12.0. The van der Waals surface area contributed by atoms with Crippen LogP contribution < -0.4 is 15.5 Å². The van der Waals surface area contributed by atoms with Gasteiger partial charge in [0.2, 0.25) is 0 Å². The first kappa shape index (κ1) is 20.5. The lowest BCUT2D eigenvalue weighted by molar-refractivity contribution is -0.862. The summed E-state index contributed by atoms with van der Waals surface area (Å²) in [6.07, 6.45) is 0. The number of hydrogen-bond donors (Lipinski definition) is 3. The van der Waals surface area contributed by atoms with E-state index in [0.717, 1.165) is 16.4 Å². The van der Waals surface area contributed by atoms with E-state index in [1.165, 1.54) is 11.1 Å². The Morgan fingerprint density at radius 3 is 2.38 bits per heavy atom. The minimum Gasteiger partial charge on any atom is -0.350 e. The summed E-state index contributed by atoms with van der Waals surface area (Å²) >= 11 is 1.80. The summed E-state index contributed by atoms with van der Waals surface area (Å²) in [5.74, 6) is 1.80. The molecular formula is C18H30N3O2S+. The number of hydrogen-bond acceptors (Lipinski definition) is 3. The van der Waals surface area contributed by atoms with Crippen LogP contribution in [0.4, 0.5) is 0 Å². The van der Waals surface area contributed by atoms with E-state index in [2.05, 4.69) is 41.8 Å². The van der Waals surface area contributed by atoms with Gasteiger partial charge in [-0.05, 0) is 26.3 Å². The molecular weight excluding hydrogens is 322 g/mol. The zero-order chi connectivity index (χ0) is 17.9. The Balaban J connectivity index is 2.10. The second-order valence-corrected chi connectivity index (χ2v) is 7.53. The number of rotatable bonds is 10. The van der Waals surface area contributed by atoms with Gasteiger partial charge in [-0.15, -0.1) is 0 Å². The molecule has 0 radical (unpaired) electrons. The average molecular weight is 353 g/mol. The first-order chi connectivity index (χ1) is 11.4. The van der Waals surface area contributed by atoms with E-state index in [9.17, 15) is 9.59 Å². The average Bonchev–Trinajstić information content (AvgIpc) is 2.47. The van der Waals surface area contributed by atoms with Gasteiger partial charge >= 0.3 is 0 Å². The highest BCUT2D eigenvalue weighted by atomic mass is 32.2. The third kappa shape index (κ3) is 9.57. The molecule has 0 saturated heterocycles. The van der Waals surface area contributed by atoms with Crippen molar-refractivity contribution in [3.63, 3.8) is 0 Å². The first-order valence-corrected chi connectivity index (χ1v) is 9.53. The third-order valence-electron chi connectivity index (χ3n) is 3.33. The Hall–Kier alpha value is -1.53. The van der Waals surface area contributed by atoms with Gasteiger partial charge in [-0.25, -0.2) is 0 Å². The minimum absolute atomic E-state index is 0.0132. The lowest BCUT2D eigenvalue weighted by atomic mass is 10.2. The van der Waals surface area contributed by atoms with Gasteiger partial charge in [0.1, 0.15) is 0 Å². The molecule has 1 aromatic rings. The predicted octanol–water partition coefficient (Wildman–Crippen LogP) is 0.384. The van der Waals surface area contributed by atoms with Crippen LogP contribution in [0, 0.1) is 6.92 Å². The Labute approximate surface area is 149 Å². The fourth-order valence-electron chi connectivity index (χ4n) is 2.18. The number of likely N-dealkylation sites (N-methyl/N-ethyl adjacent to an activating group) is 1. The largest absolute Gasteiger partial charge is 0.350 e. The van der Waals surface area contributed by atoms with Gasteiger partial charge in [-0.3, -0.25) is 9.59 Å². The molecule has 1 atom stereocenters. The van der Waals surface area contributed by atoms with Crippen LogP contribution in [0.25, 0.3) is 0 Å². The predicted molar refractivity (Wildman–Crippen MR) is 100 cm³/mol. The van der Waals surface area contributed by atoms with Crippen LogP contribution in [-0.2, 0) is 15.3 Å². The van der Waals surface area contributed by atoms with Crippen molar-refractivity contribution in [1.29, 1.82) is 0 Å². The van der Waals surface area contributed by atoms with E-state index < -0.39 is 0 Å². The molecule has 0 heterocycles. The van der Waals surface area contributed by atoms with E-state index in [4.69, 9.17) is 0 Å². The third-order valence-corrected chi connectivity index (χ3v) is 4.36. The maximum atomic E-state index is 11.9. The quantitative estimate of drug-likeness (QED) is 0.534. The Kier molecular flexibility index (Phi) is 9.49. The summed E-state index contributed by atoms with van der Waals surface area (Å²) < 4.78 is 0. The number of thioether (sulfide) groups is 1. The second-order valence-electron chi connectivity index (χ2n) is 6.42. The molecule has 1 aromatic carbocycles. The van der Waals surface area contributed by atoms with E-state index in [0.29, 0.717) is 19.6 Å². The number of nitrogens with one attached hydrogen (secondary N) is 3.